The van der Waals surface area contributed by atoms with Crippen LogP contribution in [0.5, 0.6) is 0 Å². The summed E-state index contributed by atoms with van der Waals surface area (Å²) in [4.78, 5) is 31.5. The van der Waals surface area contributed by atoms with Gasteiger partial charge in [-0.2, -0.15) is 0 Å². The fraction of sp³-hybridized carbons (Fsp3) is 0.0800. The highest BCUT2D eigenvalue weighted by atomic mass is 32.2. The molecule has 0 aliphatic rings. The number of carbonyl (C=O) groups is 2. The Balaban J connectivity index is 1.42. The summed E-state index contributed by atoms with van der Waals surface area (Å²) in [5.41, 5.74) is 2.50. The predicted octanol–water partition coefficient (Wildman–Crippen LogP) is 4.73. The molecule has 9 heteroatoms. The lowest BCUT2D eigenvalue weighted by Gasteiger charge is -2.15. The number of aromatic amines is 1. The van der Waals surface area contributed by atoms with E-state index in [2.05, 4.69) is 20.6 Å². The molecule has 1 amide bonds. The summed E-state index contributed by atoms with van der Waals surface area (Å²) < 4.78 is 13.1. The number of hydrogen-bond acceptors (Lipinski definition) is 5. The number of anilines is 3. The molecule has 0 saturated heterocycles. The van der Waals surface area contributed by atoms with Crippen molar-refractivity contribution in [1.29, 1.82) is 0 Å². The summed E-state index contributed by atoms with van der Waals surface area (Å²) in [6, 6.07) is 22.5. The Morgan fingerprint density at radius 2 is 1.62 bits per heavy atom. The molecule has 4 aromatic rings. The quantitative estimate of drug-likeness (QED) is 0.278. The first-order valence-electron chi connectivity index (χ1n) is 10.4. The van der Waals surface area contributed by atoms with Crippen molar-refractivity contribution >= 4 is 40.0 Å². The minimum Gasteiger partial charge on any atom is -0.481 e. The lowest BCUT2D eigenvalue weighted by atomic mass is 10.1. The van der Waals surface area contributed by atoms with Crippen LogP contribution in [0, 0.1) is 0 Å². The normalized spacial score (nSPS) is 12.5. The maximum atomic E-state index is 13.1. The van der Waals surface area contributed by atoms with E-state index in [0.717, 1.165) is 5.69 Å². The fourth-order valence-electron chi connectivity index (χ4n) is 3.36. The van der Waals surface area contributed by atoms with Crippen molar-refractivity contribution < 1.29 is 18.9 Å². The van der Waals surface area contributed by atoms with Gasteiger partial charge in [0, 0.05) is 34.2 Å². The van der Waals surface area contributed by atoms with Crippen molar-refractivity contribution in [2.24, 2.45) is 0 Å². The van der Waals surface area contributed by atoms with Crippen LogP contribution in [0.15, 0.2) is 96.2 Å². The van der Waals surface area contributed by atoms with E-state index in [1.807, 2.05) is 6.07 Å². The number of nitrogens with zero attached hydrogens (tertiary/aromatic N) is 1. The number of aliphatic carboxylic acids is 1. The van der Waals surface area contributed by atoms with Crippen LogP contribution in [0.3, 0.4) is 0 Å². The Morgan fingerprint density at radius 3 is 2.24 bits per heavy atom. The van der Waals surface area contributed by atoms with Crippen LogP contribution in [0.4, 0.5) is 17.3 Å². The van der Waals surface area contributed by atoms with Gasteiger partial charge in [-0.25, -0.2) is 4.98 Å². The molecule has 0 saturated carbocycles. The highest BCUT2D eigenvalue weighted by molar-refractivity contribution is 7.85. The number of nitrogens with one attached hydrogen (secondary N) is 3. The Bertz CT molecular complexity index is 1280. The number of H-pyrrole nitrogens is 1. The number of aromatic nitrogens is 2. The summed E-state index contributed by atoms with van der Waals surface area (Å²) in [5.74, 6) is -0.699. The van der Waals surface area contributed by atoms with Crippen LogP contribution in [0.2, 0.25) is 0 Å². The minimum absolute atomic E-state index is 0.250. The smallest absolute Gasteiger partial charge is 0.304 e. The average molecular weight is 475 g/mol. The lowest BCUT2D eigenvalue weighted by molar-refractivity contribution is -0.137. The predicted molar refractivity (Wildman–Crippen MR) is 131 cm³/mol. The number of carboxylic acids is 1. The van der Waals surface area contributed by atoms with Gasteiger partial charge in [0.2, 0.25) is 5.95 Å². The molecule has 1 heterocycles. The van der Waals surface area contributed by atoms with Crippen LogP contribution >= 0.6 is 0 Å². The Hall–Kier alpha value is -4.24. The average Bonchev–Trinajstić information content (AvgIpc) is 3.36. The lowest BCUT2D eigenvalue weighted by Crippen LogP contribution is -2.13. The van der Waals surface area contributed by atoms with Gasteiger partial charge in [-0.15, -0.1) is 0 Å². The molecule has 4 rings (SSSR count). The molecule has 0 aliphatic heterocycles. The minimum atomic E-state index is -1.57. The zero-order chi connectivity index (χ0) is 23.9. The fourth-order valence-corrected chi connectivity index (χ4v) is 4.79. The van der Waals surface area contributed by atoms with Crippen molar-refractivity contribution in [2.45, 2.75) is 16.6 Å². The monoisotopic (exact) mass is 474 g/mol. The summed E-state index contributed by atoms with van der Waals surface area (Å²) in [5, 5.41) is 14.5. The van der Waals surface area contributed by atoms with Crippen LogP contribution in [0.1, 0.15) is 27.6 Å². The van der Waals surface area contributed by atoms with Crippen molar-refractivity contribution in [3.63, 3.8) is 0 Å². The molecule has 172 valence electrons. The van der Waals surface area contributed by atoms with Gasteiger partial charge in [0.1, 0.15) is 0 Å². The second-order valence-corrected chi connectivity index (χ2v) is 9.05. The maximum Gasteiger partial charge on any atom is 0.304 e. The maximum absolute atomic E-state index is 13.1. The number of carbonyl (C=O) groups excluding carboxylic acids is 1. The number of benzene rings is 3. The number of amides is 1. The van der Waals surface area contributed by atoms with Gasteiger partial charge >= 0.3 is 5.97 Å². The van der Waals surface area contributed by atoms with E-state index >= 15 is 0 Å². The Labute approximate surface area is 198 Å². The van der Waals surface area contributed by atoms with Gasteiger partial charge < -0.3 is 20.7 Å². The molecule has 0 aliphatic carbocycles. The molecule has 1 aromatic heterocycles. The first kappa shape index (κ1) is 22.9. The molecule has 3 aromatic carbocycles. The molecule has 0 spiro atoms. The third kappa shape index (κ3) is 5.76. The van der Waals surface area contributed by atoms with E-state index in [1.54, 1.807) is 85.2 Å². The van der Waals surface area contributed by atoms with Gasteiger partial charge in [0.15, 0.2) is 0 Å². The van der Waals surface area contributed by atoms with Gasteiger partial charge in [0.25, 0.3) is 5.91 Å². The van der Waals surface area contributed by atoms with E-state index in [9.17, 15) is 18.9 Å². The summed E-state index contributed by atoms with van der Waals surface area (Å²) in [6.45, 7) is 0. The highest BCUT2D eigenvalue weighted by Crippen LogP contribution is 2.29. The molecule has 4 N–H and O–H groups in total. The van der Waals surface area contributed by atoms with Crippen LogP contribution < -0.4 is 10.6 Å². The second kappa shape index (κ2) is 10.6. The highest BCUT2D eigenvalue weighted by Gasteiger charge is 2.23. The molecule has 0 fully saturated rings. The van der Waals surface area contributed by atoms with Crippen LogP contribution in [-0.2, 0) is 15.6 Å². The van der Waals surface area contributed by atoms with Gasteiger partial charge in [-0.1, -0.05) is 30.3 Å². The number of rotatable bonds is 9. The van der Waals surface area contributed by atoms with E-state index < -0.39 is 22.0 Å². The van der Waals surface area contributed by atoms with Crippen molar-refractivity contribution in [3.05, 3.63) is 102 Å². The number of hydrogen-bond donors (Lipinski definition) is 4. The van der Waals surface area contributed by atoms with Crippen molar-refractivity contribution in [1.82, 2.24) is 9.97 Å². The zero-order valence-corrected chi connectivity index (χ0v) is 18.8. The summed E-state index contributed by atoms with van der Waals surface area (Å²) >= 11 is 0. The molecular weight excluding hydrogens is 452 g/mol. The molecule has 0 bridgehead atoms. The van der Waals surface area contributed by atoms with E-state index in [0.29, 0.717) is 27.7 Å². The topological polar surface area (TPSA) is 124 Å². The van der Waals surface area contributed by atoms with E-state index in [4.69, 9.17) is 0 Å². The zero-order valence-electron chi connectivity index (χ0n) is 18.0. The second-order valence-electron chi connectivity index (χ2n) is 7.41. The largest absolute Gasteiger partial charge is 0.481 e. The first-order valence-corrected chi connectivity index (χ1v) is 11.7. The van der Waals surface area contributed by atoms with Crippen LogP contribution in [0.25, 0.3) is 0 Å². The molecule has 2 unspecified atom stereocenters. The van der Waals surface area contributed by atoms with Crippen LogP contribution in [-0.4, -0.2) is 31.2 Å². The summed E-state index contributed by atoms with van der Waals surface area (Å²) in [7, 11) is -1.57. The number of carboxylic acid groups (broad SMARTS) is 1. The molecule has 2 atom stereocenters. The van der Waals surface area contributed by atoms with E-state index in [-0.39, 0.29) is 12.3 Å². The summed E-state index contributed by atoms with van der Waals surface area (Å²) in [6.07, 6.45) is 3.10. The standard InChI is InChI=1S/C25H22N4O4S/c30-23(31)16-22(17-4-2-1-3-5-17)34(33)21-12-10-19(11-13-21)28-24(32)18-6-8-20(9-7-18)29-25-26-14-15-27-25/h1-15,22H,16H2,(H,28,32)(H,30,31)(H2,26,27,29). The Morgan fingerprint density at radius 1 is 0.941 bits per heavy atom. The third-order valence-electron chi connectivity index (χ3n) is 5.04. The third-order valence-corrected chi connectivity index (χ3v) is 6.73. The van der Waals surface area contributed by atoms with Crippen molar-refractivity contribution in [2.75, 3.05) is 10.6 Å². The Kier molecular flexibility index (Phi) is 7.14. The van der Waals surface area contributed by atoms with Gasteiger partial charge in [-0.3, -0.25) is 13.8 Å². The molecule has 8 nitrogen and oxygen atoms in total. The van der Waals surface area contributed by atoms with Crippen molar-refractivity contribution in [3.8, 4) is 0 Å². The van der Waals surface area contributed by atoms with E-state index in [1.165, 1.54) is 0 Å². The molecule has 34 heavy (non-hydrogen) atoms. The first-order chi connectivity index (χ1) is 16.5. The number of imidazole rings is 1. The molecule has 0 radical (unpaired) electrons. The SMILES string of the molecule is O=C(O)CC(c1ccccc1)S(=O)c1ccc(NC(=O)c2ccc(Nc3ncc[nH]3)cc2)cc1. The van der Waals surface area contributed by atoms with Gasteiger partial charge in [0.05, 0.1) is 22.5 Å². The molecular formula is C25H22N4O4S. The van der Waals surface area contributed by atoms with Gasteiger partial charge in [-0.05, 0) is 54.1 Å².